The van der Waals surface area contributed by atoms with Crippen molar-refractivity contribution >= 4 is 27.6 Å². The van der Waals surface area contributed by atoms with E-state index in [-0.39, 0.29) is 22.3 Å². The fraction of sp³-hybridized carbons (Fsp3) is 0.130. The number of aromatic hydroxyl groups is 1. The van der Waals surface area contributed by atoms with E-state index in [1.54, 1.807) is 45.0 Å². The summed E-state index contributed by atoms with van der Waals surface area (Å²) in [5.41, 5.74) is 3.48. The maximum absolute atomic E-state index is 12.7. The Labute approximate surface area is 196 Å². The molecule has 2 aromatic carbocycles. The second-order valence-corrected chi connectivity index (χ2v) is 9.38. The molecule has 0 spiro atoms. The minimum atomic E-state index is -3.91. The molecule has 1 amide bonds. The van der Waals surface area contributed by atoms with E-state index in [4.69, 9.17) is 0 Å². The third-order valence-corrected chi connectivity index (χ3v) is 6.31. The minimum absolute atomic E-state index is 0.00740. The second-order valence-electron chi connectivity index (χ2n) is 7.70. The van der Waals surface area contributed by atoms with E-state index in [2.05, 4.69) is 30.2 Å². The number of H-pyrrole nitrogens is 1. The number of sulfonamides is 1. The molecule has 0 radical (unpaired) electrons. The van der Waals surface area contributed by atoms with Crippen molar-refractivity contribution in [3.63, 3.8) is 0 Å². The molecule has 0 aliphatic carbocycles. The average molecular weight is 479 g/mol. The molecule has 0 aliphatic rings. The predicted molar refractivity (Wildman–Crippen MR) is 127 cm³/mol. The van der Waals surface area contributed by atoms with Crippen LogP contribution in [0.1, 0.15) is 27.4 Å². The highest BCUT2D eigenvalue weighted by Crippen LogP contribution is 2.30. The monoisotopic (exact) mass is 478 g/mol. The molecule has 0 saturated carbocycles. The summed E-state index contributed by atoms with van der Waals surface area (Å²) in [6.45, 7) is 5.26. The van der Waals surface area contributed by atoms with Crippen LogP contribution < -0.4 is 10.0 Å². The summed E-state index contributed by atoms with van der Waals surface area (Å²) >= 11 is 0. The first-order chi connectivity index (χ1) is 16.1. The first-order valence-electron chi connectivity index (χ1n) is 10.2. The molecule has 2 aromatic heterocycles. The number of benzene rings is 2. The Morgan fingerprint density at radius 3 is 2.32 bits per heavy atom. The van der Waals surface area contributed by atoms with Crippen molar-refractivity contribution < 1.29 is 18.3 Å². The fourth-order valence-corrected chi connectivity index (χ4v) is 4.25. The van der Waals surface area contributed by atoms with Crippen LogP contribution in [-0.2, 0) is 10.0 Å². The lowest BCUT2D eigenvalue weighted by molar-refractivity contribution is 0.102. The number of aromatic amines is 1. The summed E-state index contributed by atoms with van der Waals surface area (Å²) in [4.78, 5) is 20.8. The van der Waals surface area contributed by atoms with E-state index in [1.807, 2.05) is 0 Å². The Hall–Kier alpha value is -4.25. The first kappa shape index (κ1) is 22.9. The zero-order valence-corrected chi connectivity index (χ0v) is 19.4. The molecule has 0 saturated heterocycles. The number of rotatable bonds is 6. The van der Waals surface area contributed by atoms with Gasteiger partial charge in [-0.3, -0.25) is 9.89 Å². The van der Waals surface area contributed by atoms with Gasteiger partial charge in [-0.05, 0) is 68.8 Å². The summed E-state index contributed by atoms with van der Waals surface area (Å²) < 4.78 is 27.7. The molecule has 0 bridgehead atoms. The van der Waals surface area contributed by atoms with E-state index in [0.29, 0.717) is 33.9 Å². The largest absolute Gasteiger partial charge is 0.507 e. The number of para-hydroxylation sites is 1. The highest BCUT2D eigenvalue weighted by Gasteiger charge is 2.18. The number of nitrogens with one attached hydrogen (secondary N) is 3. The van der Waals surface area contributed by atoms with Crippen LogP contribution in [0.5, 0.6) is 5.75 Å². The highest BCUT2D eigenvalue weighted by atomic mass is 32.2. The maximum Gasteiger partial charge on any atom is 0.273 e. The Kier molecular flexibility index (Phi) is 6.03. The van der Waals surface area contributed by atoms with Gasteiger partial charge in [0.15, 0.2) is 0 Å². The Morgan fingerprint density at radius 2 is 1.65 bits per heavy atom. The van der Waals surface area contributed by atoms with Crippen LogP contribution in [0, 0.1) is 20.8 Å². The van der Waals surface area contributed by atoms with Gasteiger partial charge in [0.2, 0.25) is 5.95 Å². The molecule has 4 N–H and O–H groups in total. The number of nitrogens with zero attached hydrogens (tertiary/aromatic N) is 3. The molecule has 4 rings (SSSR count). The number of carbonyl (C=O) groups excluding carboxylic acids is 1. The van der Waals surface area contributed by atoms with E-state index in [0.717, 1.165) is 0 Å². The molecule has 0 aliphatic heterocycles. The third-order valence-electron chi connectivity index (χ3n) is 4.97. The van der Waals surface area contributed by atoms with Crippen LogP contribution in [0.4, 0.5) is 11.6 Å². The van der Waals surface area contributed by atoms with Crippen molar-refractivity contribution in [3.05, 3.63) is 77.2 Å². The highest BCUT2D eigenvalue weighted by molar-refractivity contribution is 7.92. The van der Waals surface area contributed by atoms with Gasteiger partial charge in [-0.2, -0.15) is 5.10 Å². The fourth-order valence-electron chi connectivity index (χ4n) is 3.31. The van der Waals surface area contributed by atoms with E-state index in [9.17, 15) is 18.3 Å². The second kappa shape index (κ2) is 8.94. The summed E-state index contributed by atoms with van der Waals surface area (Å²) in [7, 11) is -3.91. The van der Waals surface area contributed by atoms with Crippen molar-refractivity contribution in [2.24, 2.45) is 0 Å². The Bertz CT molecular complexity index is 1460. The molecular formula is C23H22N6O4S. The lowest BCUT2D eigenvalue weighted by Crippen LogP contribution is -2.16. The number of phenolic OH excluding ortho intramolecular Hbond substituents is 1. The van der Waals surface area contributed by atoms with Crippen LogP contribution in [0.2, 0.25) is 0 Å². The standard InChI is InChI=1S/C23H22N6O4S/c1-13-5-4-6-18(21(13)30)19-12-20(28-27-19)22(31)26-16-7-9-17(10-8-16)34(32,33)29-23-24-14(2)11-15(3)25-23/h4-12,30H,1-3H3,(H,26,31)(H,27,28)(H,24,25,29). The van der Waals surface area contributed by atoms with Crippen molar-refractivity contribution in [2.45, 2.75) is 25.7 Å². The molecule has 0 atom stereocenters. The minimum Gasteiger partial charge on any atom is -0.507 e. The molecule has 34 heavy (non-hydrogen) atoms. The van der Waals surface area contributed by atoms with Crippen molar-refractivity contribution in [1.29, 1.82) is 0 Å². The molecule has 4 aromatic rings. The zero-order chi connectivity index (χ0) is 24.5. The lowest BCUT2D eigenvalue weighted by atomic mass is 10.1. The maximum atomic E-state index is 12.7. The zero-order valence-electron chi connectivity index (χ0n) is 18.6. The molecule has 174 valence electrons. The van der Waals surface area contributed by atoms with Gasteiger partial charge in [0.05, 0.1) is 10.6 Å². The van der Waals surface area contributed by atoms with Gasteiger partial charge < -0.3 is 10.4 Å². The van der Waals surface area contributed by atoms with Crippen LogP contribution in [0.3, 0.4) is 0 Å². The molecule has 0 fully saturated rings. The molecular weight excluding hydrogens is 456 g/mol. The predicted octanol–water partition coefficient (Wildman–Crippen LogP) is 3.55. The summed E-state index contributed by atoms with van der Waals surface area (Å²) in [5, 5.41) is 19.7. The van der Waals surface area contributed by atoms with Gasteiger partial charge in [-0.1, -0.05) is 12.1 Å². The van der Waals surface area contributed by atoms with Gasteiger partial charge in [-0.25, -0.2) is 23.1 Å². The van der Waals surface area contributed by atoms with Gasteiger partial charge in [0.25, 0.3) is 15.9 Å². The van der Waals surface area contributed by atoms with Crippen molar-refractivity contribution in [2.75, 3.05) is 10.0 Å². The van der Waals surface area contributed by atoms with Gasteiger partial charge in [0, 0.05) is 22.6 Å². The van der Waals surface area contributed by atoms with Crippen LogP contribution in [0.15, 0.2) is 59.5 Å². The smallest absolute Gasteiger partial charge is 0.273 e. The number of phenols is 1. The number of anilines is 2. The number of hydrogen-bond acceptors (Lipinski definition) is 7. The molecule has 0 unspecified atom stereocenters. The Morgan fingerprint density at radius 1 is 0.971 bits per heavy atom. The quantitative estimate of drug-likeness (QED) is 0.331. The topological polar surface area (TPSA) is 150 Å². The van der Waals surface area contributed by atoms with Crippen LogP contribution in [0.25, 0.3) is 11.3 Å². The summed E-state index contributed by atoms with van der Waals surface area (Å²) in [5.74, 6) is -0.384. The molecule has 11 heteroatoms. The molecule has 2 heterocycles. The van der Waals surface area contributed by atoms with Crippen molar-refractivity contribution in [3.8, 4) is 17.0 Å². The summed E-state index contributed by atoms with van der Waals surface area (Å²) in [6, 6.07) is 14.2. The average Bonchev–Trinajstić information content (AvgIpc) is 3.25. The lowest BCUT2D eigenvalue weighted by Gasteiger charge is -2.09. The normalized spacial score (nSPS) is 11.3. The van der Waals surface area contributed by atoms with Gasteiger partial charge in [-0.15, -0.1) is 0 Å². The van der Waals surface area contributed by atoms with Crippen LogP contribution in [-0.4, -0.2) is 39.6 Å². The summed E-state index contributed by atoms with van der Waals surface area (Å²) in [6.07, 6.45) is 0. The third kappa shape index (κ3) is 4.89. The van der Waals surface area contributed by atoms with E-state index in [1.165, 1.54) is 30.3 Å². The number of hydrogen-bond donors (Lipinski definition) is 4. The van der Waals surface area contributed by atoms with E-state index >= 15 is 0 Å². The Balaban J connectivity index is 1.47. The number of amides is 1. The number of carbonyl (C=O) groups is 1. The van der Waals surface area contributed by atoms with Crippen LogP contribution >= 0.6 is 0 Å². The SMILES string of the molecule is Cc1cc(C)nc(NS(=O)(=O)c2ccc(NC(=O)c3cc(-c4cccc(C)c4O)n[nH]3)cc2)n1. The number of aromatic nitrogens is 4. The van der Waals surface area contributed by atoms with Gasteiger partial charge >= 0.3 is 0 Å². The van der Waals surface area contributed by atoms with Crippen molar-refractivity contribution in [1.82, 2.24) is 20.2 Å². The first-order valence-corrected chi connectivity index (χ1v) is 11.7. The molecule has 10 nitrogen and oxygen atoms in total. The van der Waals surface area contributed by atoms with Gasteiger partial charge in [0.1, 0.15) is 11.4 Å². The number of aryl methyl sites for hydroxylation is 3. The van der Waals surface area contributed by atoms with E-state index < -0.39 is 15.9 Å².